The van der Waals surface area contributed by atoms with Gasteiger partial charge in [0, 0.05) is 36.5 Å². The third kappa shape index (κ3) is 3.13. The zero-order chi connectivity index (χ0) is 23.5. The zero-order valence-electron chi connectivity index (χ0n) is 19.5. The van der Waals surface area contributed by atoms with Gasteiger partial charge in [-0.05, 0) is 31.8 Å². The first-order chi connectivity index (χ1) is 14.9. The molecule has 8 unspecified atom stereocenters. The Labute approximate surface area is 188 Å². The molecule has 3 fully saturated rings. The van der Waals surface area contributed by atoms with Crippen molar-refractivity contribution in [1.29, 1.82) is 0 Å². The molecule has 0 aromatic carbocycles. The van der Waals surface area contributed by atoms with Crippen LogP contribution in [0, 0.1) is 22.7 Å². The summed E-state index contributed by atoms with van der Waals surface area (Å²) < 4.78 is 23.4. The van der Waals surface area contributed by atoms with Gasteiger partial charge in [0.2, 0.25) is 0 Å². The molecule has 4 rings (SSSR count). The molecule has 8 nitrogen and oxygen atoms in total. The highest BCUT2D eigenvalue weighted by atomic mass is 16.6. The molecule has 32 heavy (non-hydrogen) atoms. The molecule has 0 aromatic heterocycles. The Morgan fingerprint density at radius 2 is 1.91 bits per heavy atom. The fourth-order valence-corrected chi connectivity index (χ4v) is 7.20. The Morgan fingerprint density at radius 3 is 2.50 bits per heavy atom. The van der Waals surface area contributed by atoms with Gasteiger partial charge in [0.1, 0.15) is 31.0 Å². The Bertz CT molecular complexity index is 853. The minimum absolute atomic E-state index is 0.0660. The van der Waals surface area contributed by atoms with Crippen LogP contribution < -0.4 is 0 Å². The maximum Gasteiger partial charge on any atom is 0.302 e. The van der Waals surface area contributed by atoms with Crippen LogP contribution in [0.15, 0.2) is 12.3 Å². The molecule has 0 radical (unpaired) electrons. The number of ether oxygens (including phenoxy) is 4. The van der Waals surface area contributed by atoms with Crippen molar-refractivity contribution in [1.82, 2.24) is 0 Å². The van der Waals surface area contributed by atoms with E-state index in [0.29, 0.717) is 32.3 Å². The Hall–Kier alpha value is -1.93. The maximum atomic E-state index is 13.4. The predicted molar refractivity (Wildman–Crippen MR) is 112 cm³/mol. The van der Waals surface area contributed by atoms with E-state index in [-0.39, 0.29) is 12.4 Å². The van der Waals surface area contributed by atoms with E-state index in [1.54, 1.807) is 6.26 Å². The van der Waals surface area contributed by atoms with Gasteiger partial charge in [0.15, 0.2) is 5.78 Å². The molecular formula is C24H34O8. The molecule has 2 heterocycles. The summed E-state index contributed by atoms with van der Waals surface area (Å²) in [6, 6.07) is 0. The molecule has 4 aliphatic rings. The van der Waals surface area contributed by atoms with Crippen molar-refractivity contribution >= 4 is 17.7 Å². The lowest BCUT2D eigenvalue weighted by molar-refractivity contribution is -0.275. The van der Waals surface area contributed by atoms with Gasteiger partial charge in [0.25, 0.3) is 0 Å². The van der Waals surface area contributed by atoms with Gasteiger partial charge < -0.3 is 24.1 Å². The second kappa shape index (κ2) is 7.55. The summed E-state index contributed by atoms with van der Waals surface area (Å²) in [6.45, 7) is 8.74. The SMILES string of the molecule is CC(=O)OCC1(C)C(OC(C)=O)CCC2(C)C1C(O)C(=O)C(C)C21CCC2(C=COC2)O1. The number of Topliss-reactive ketones (excluding diaryl/α,β-unsaturated/α-hetero) is 1. The molecule has 1 N–H and O–H groups in total. The monoisotopic (exact) mass is 450 g/mol. The lowest BCUT2D eigenvalue weighted by atomic mass is 9.42. The first-order valence-electron chi connectivity index (χ1n) is 11.4. The summed E-state index contributed by atoms with van der Waals surface area (Å²) in [7, 11) is 0. The fraction of sp³-hybridized carbons (Fsp3) is 0.792. The smallest absolute Gasteiger partial charge is 0.302 e. The Balaban J connectivity index is 1.82. The highest BCUT2D eigenvalue weighted by Crippen LogP contribution is 2.67. The number of aliphatic hydroxyl groups excluding tert-OH is 1. The molecule has 0 amide bonds. The number of carbonyl (C=O) groups excluding carboxylic acids is 3. The van der Waals surface area contributed by atoms with E-state index in [9.17, 15) is 19.5 Å². The molecule has 2 aliphatic carbocycles. The molecule has 1 saturated heterocycles. The Morgan fingerprint density at radius 1 is 1.19 bits per heavy atom. The van der Waals surface area contributed by atoms with Crippen molar-refractivity contribution in [3.05, 3.63) is 12.3 Å². The van der Waals surface area contributed by atoms with E-state index < -0.39 is 58.0 Å². The van der Waals surface area contributed by atoms with Gasteiger partial charge in [-0.15, -0.1) is 0 Å². The van der Waals surface area contributed by atoms with Crippen LogP contribution >= 0.6 is 0 Å². The number of carbonyl (C=O) groups is 3. The highest BCUT2D eigenvalue weighted by Gasteiger charge is 2.74. The minimum atomic E-state index is -1.28. The van der Waals surface area contributed by atoms with Gasteiger partial charge in [-0.2, -0.15) is 0 Å². The molecular weight excluding hydrogens is 416 g/mol. The quantitative estimate of drug-likeness (QED) is 0.653. The van der Waals surface area contributed by atoms with Gasteiger partial charge in [-0.1, -0.05) is 20.8 Å². The highest BCUT2D eigenvalue weighted by molar-refractivity contribution is 5.88. The number of ketones is 1. The predicted octanol–water partition coefficient (Wildman–Crippen LogP) is 2.32. The van der Waals surface area contributed by atoms with Crippen LogP contribution in [-0.4, -0.2) is 59.5 Å². The largest absolute Gasteiger partial charge is 0.498 e. The van der Waals surface area contributed by atoms with Crippen LogP contribution in [0.5, 0.6) is 0 Å². The van der Waals surface area contributed by atoms with Crippen LogP contribution in [0.1, 0.15) is 60.3 Å². The fourth-order valence-electron chi connectivity index (χ4n) is 7.20. The lowest BCUT2D eigenvalue weighted by Gasteiger charge is -2.65. The zero-order valence-corrected chi connectivity index (χ0v) is 19.5. The lowest BCUT2D eigenvalue weighted by Crippen LogP contribution is -2.73. The van der Waals surface area contributed by atoms with E-state index in [0.717, 1.165) is 0 Å². The second-order valence-electron chi connectivity index (χ2n) is 10.6. The van der Waals surface area contributed by atoms with Crippen LogP contribution in [0.4, 0.5) is 0 Å². The summed E-state index contributed by atoms with van der Waals surface area (Å²) in [5.41, 5.74) is -2.98. The van der Waals surface area contributed by atoms with Crippen molar-refractivity contribution in [2.75, 3.05) is 13.2 Å². The van der Waals surface area contributed by atoms with Gasteiger partial charge in [0.05, 0.1) is 11.9 Å². The number of aliphatic hydroxyl groups is 1. The van der Waals surface area contributed by atoms with E-state index in [4.69, 9.17) is 18.9 Å². The van der Waals surface area contributed by atoms with E-state index >= 15 is 0 Å². The third-order valence-electron chi connectivity index (χ3n) is 8.75. The van der Waals surface area contributed by atoms with Crippen LogP contribution in [0.3, 0.4) is 0 Å². The molecule has 2 saturated carbocycles. The average molecular weight is 451 g/mol. The van der Waals surface area contributed by atoms with Crippen molar-refractivity contribution in [3.8, 4) is 0 Å². The number of hydrogen-bond donors (Lipinski definition) is 1. The minimum Gasteiger partial charge on any atom is -0.498 e. The van der Waals surface area contributed by atoms with Crippen molar-refractivity contribution in [2.24, 2.45) is 22.7 Å². The van der Waals surface area contributed by atoms with Gasteiger partial charge in [-0.25, -0.2) is 0 Å². The summed E-state index contributed by atoms with van der Waals surface area (Å²) in [6.07, 6.45) is 4.16. The molecule has 2 spiro atoms. The van der Waals surface area contributed by atoms with Gasteiger partial charge in [-0.3, -0.25) is 14.4 Å². The second-order valence-corrected chi connectivity index (χ2v) is 10.6. The summed E-state index contributed by atoms with van der Waals surface area (Å²) >= 11 is 0. The normalized spacial score (nSPS) is 47.4. The molecule has 178 valence electrons. The topological polar surface area (TPSA) is 108 Å². The number of esters is 2. The Kier molecular flexibility index (Phi) is 5.48. The first kappa shape index (κ1) is 23.2. The first-order valence-corrected chi connectivity index (χ1v) is 11.4. The number of rotatable bonds is 3. The molecule has 2 aliphatic heterocycles. The molecule has 0 bridgehead atoms. The third-order valence-corrected chi connectivity index (χ3v) is 8.75. The molecule has 8 atom stereocenters. The number of fused-ring (bicyclic) bond motifs is 2. The van der Waals surface area contributed by atoms with E-state index in [1.807, 2.05) is 19.9 Å². The summed E-state index contributed by atoms with van der Waals surface area (Å²) in [4.78, 5) is 37.0. The van der Waals surface area contributed by atoms with Crippen LogP contribution in [-0.2, 0) is 33.3 Å². The molecule has 0 aromatic rings. The van der Waals surface area contributed by atoms with E-state index in [1.165, 1.54) is 13.8 Å². The molecule has 8 heteroatoms. The van der Waals surface area contributed by atoms with Gasteiger partial charge >= 0.3 is 11.9 Å². The maximum absolute atomic E-state index is 13.4. The average Bonchev–Trinajstić information content (AvgIpc) is 3.34. The van der Waals surface area contributed by atoms with E-state index in [2.05, 4.69) is 6.92 Å². The van der Waals surface area contributed by atoms with Crippen molar-refractivity contribution < 1.29 is 38.4 Å². The summed E-state index contributed by atoms with van der Waals surface area (Å²) in [5, 5.41) is 11.3. The number of hydrogen-bond acceptors (Lipinski definition) is 8. The van der Waals surface area contributed by atoms with Crippen molar-refractivity contribution in [3.63, 3.8) is 0 Å². The van der Waals surface area contributed by atoms with Crippen LogP contribution in [0.2, 0.25) is 0 Å². The summed E-state index contributed by atoms with van der Waals surface area (Å²) in [5.74, 6) is -2.35. The standard InChI is InChI=1S/C24H34O8/c1-14-18(27)19(28)20-21(4,12-30-15(2)25)17(31-16(3)26)6-7-22(20,5)24(14)9-8-23(32-24)10-11-29-13-23/h10-11,14,17,19-20,28H,6-9,12-13H2,1-5H3. The van der Waals surface area contributed by atoms with Crippen LogP contribution in [0.25, 0.3) is 0 Å². The van der Waals surface area contributed by atoms with Crippen molar-refractivity contribution in [2.45, 2.75) is 83.7 Å².